The van der Waals surface area contributed by atoms with Crippen LogP contribution in [-0.4, -0.2) is 169 Å². The van der Waals surface area contributed by atoms with Gasteiger partial charge in [0.1, 0.15) is 53.8 Å². The number of methoxy groups -OCH3 is 2. The molecule has 4 saturated heterocycles. The van der Waals surface area contributed by atoms with Crippen LogP contribution in [0.3, 0.4) is 0 Å². The Labute approximate surface area is 493 Å². The fourth-order valence-corrected chi connectivity index (χ4v) is 13.8. The van der Waals surface area contributed by atoms with Gasteiger partial charge in [0, 0.05) is 130 Å². The molecule has 6 aliphatic heterocycles. The van der Waals surface area contributed by atoms with Gasteiger partial charge in [-0.25, -0.2) is 18.1 Å². The van der Waals surface area contributed by atoms with Gasteiger partial charge in [-0.3, -0.25) is 28.4 Å². The SMILES string of the molecule is COc1cc(OCCN2CC(CF)C2)ccc1[C@@H]1c2ccc3c(cnn3C3CCCCO3)c2C[C@@H](C)N1CC(C)(C)F.COc1cc(OCCN2CC(CF)C2)ccc1[C@@H]1c2ccc3nn(C4CCCCO4)cc3c2C[C@@H](C)N1CC(C)(C)F. The second-order valence-corrected chi connectivity index (χ2v) is 25.7. The van der Waals surface area contributed by atoms with E-state index in [9.17, 15) is 8.78 Å². The summed E-state index contributed by atoms with van der Waals surface area (Å²) in [7, 11) is 3.35. The lowest BCUT2D eigenvalue weighted by Gasteiger charge is -2.44. The third-order valence-electron chi connectivity index (χ3n) is 18.0. The number of ether oxygens (including phenoxy) is 6. The molecule has 2 unspecified atom stereocenters. The fraction of sp³-hybridized carbons (Fsp3) is 0.606. The maximum absolute atomic E-state index is 15.3. The van der Waals surface area contributed by atoms with Gasteiger partial charge in [-0.2, -0.15) is 10.2 Å². The summed E-state index contributed by atoms with van der Waals surface area (Å²) in [6.45, 7) is 18.3. The van der Waals surface area contributed by atoms with Gasteiger partial charge in [0.2, 0.25) is 0 Å². The zero-order valence-electron chi connectivity index (χ0n) is 50.6. The lowest BCUT2D eigenvalue weighted by Crippen LogP contribution is -2.49. The number of rotatable bonds is 20. The van der Waals surface area contributed by atoms with Gasteiger partial charge >= 0.3 is 0 Å². The van der Waals surface area contributed by atoms with E-state index in [-0.39, 0.29) is 61.8 Å². The van der Waals surface area contributed by atoms with Crippen LogP contribution < -0.4 is 18.9 Å². The molecular formula is C66H88F4N8O6. The zero-order chi connectivity index (χ0) is 58.9. The van der Waals surface area contributed by atoms with Crippen molar-refractivity contribution in [1.29, 1.82) is 0 Å². The van der Waals surface area contributed by atoms with Gasteiger partial charge in [-0.05, 0) is 152 Å². The van der Waals surface area contributed by atoms with E-state index in [0.29, 0.717) is 37.8 Å². The Balaban J connectivity index is 0.000000175. The number of aromatic nitrogens is 4. The Kier molecular flexibility index (Phi) is 18.5. The minimum atomic E-state index is -1.37. The van der Waals surface area contributed by atoms with Gasteiger partial charge in [-0.1, -0.05) is 12.1 Å². The molecule has 6 aromatic rings. The molecule has 6 atom stereocenters. The molecule has 4 fully saturated rings. The Morgan fingerprint density at radius 3 is 1.57 bits per heavy atom. The summed E-state index contributed by atoms with van der Waals surface area (Å²) in [5.74, 6) is 3.21. The van der Waals surface area contributed by atoms with Crippen LogP contribution in [0.15, 0.2) is 73.1 Å². The van der Waals surface area contributed by atoms with E-state index in [1.54, 1.807) is 41.9 Å². The minimum absolute atomic E-state index is 0.0266. The maximum atomic E-state index is 15.3. The van der Waals surface area contributed by atoms with Crippen molar-refractivity contribution in [3.05, 3.63) is 106 Å². The Morgan fingerprint density at radius 1 is 0.607 bits per heavy atom. The fourth-order valence-electron chi connectivity index (χ4n) is 13.8. The van der Waals surface area contributed by atoms with Crippen molar-refractivity contribution in [2.24, 2.45) is 11.8 Å². The number of hydrogen-bond acceptors (Lipinski definition) is 12. The molecule has 6 aliphatic rings. The summed E-state index contributed by atoms with van der Waals surface area (Å²) in [5, 5.41) is 12.0. The lowest BCUT2D eigenvalue weighted by molar-refractivity contribution is -0.0390. The number of nitrogens with zero attached hydrogens (tertiary/aromatic N) is 8. The van der Waals surface area contributed by atoms with Gasteiger partial charge in [0.15, 0.2) is 6.23 Å². The van der Waals surface area contributed by atoms with Crippen LogP contribution in [0.1, 0.15) is 138 Å². The van der Waals surface area contributed by atoms with E-state index in [1.807, 2.05) is 39.8 Å². The quantitative estimate of drug-likeness (QED) is 0.0680. The van der Waals surface area contributed by atoms with Crippen LogP contribution in [0.25, 0.3) is 21.8 Å². The summed E-state index contributed by atoms with van der Waals surface area (Å²) in [5.41, 5.74) is 6.09. The van der Waals surface area contributed by atoms with E-state index in [4.69, 9.17) is 38.6 Å². The standard InChI is InChI=1S/2C33H44F2N4O3/c1-22-15-27-25(10-11-29-28(27)18-36-39(29)31-7-5-6-13-42-31)32(38(22)21-33(2,3)35)26-9-8-24(16-30(26)40-4)41-14-12-37-19-23(17-34)20-37;1-22-15-27-25(10-11-29-28(27)20-39(36-29)31-7-5-6-13-42-31)32(38(22)21-33(2,3)35)26-9-8-24(16-30(26)40-4)41-14-12-37-18-23(17-34)19-37/h8-11,16,18,22-23,31-32H,5-7,12-15,17,19-21H2,1-4H3;8-11,16,20,22-23,31-32H,5-7,12-15,17-19,21H2,1-4H3/t2*22-,31?,32+/m11/s1. The predicted molar refractivity (Wildman–Crippen MR) is 320 cm³/mol. The highest BCUT2D eigenvalue weighted by Crippen LogP contribution is 2.48. The van der Waals surface area contributed by atoms with E-state index in [2.05, 4.69) is 76.0 Å². The van der Waals surface area contributed by atoms with E-state index in [1.165, 1.54) is 11.1 Å². The maximum Gasteiger partial charge on any atom is 0.150 e. The summed E-state index contributed by atoms with van der Waals surface area (Å²) in [6.07, 6.45) is 12.1. The van der Waals surface area contributed by atoms with Crippen LogP contribution in [0, 0.1) is 11.8 Å². The number of alkyl halides is 4. The van der Waals surface area contributed by atoms with Crippen molar-refractivity contribution >= 4 is 21.8 Å². The second-order valence-electron chi connectivity index (χ2n) is 25.7. The molecule has 8 heterocycles. The molecule has 18 heteroatoms. The largest absolute Gasteiger partial charge is 0.496 e. The Hall–Kier alpha value is -5.50. The predicted octanol–water partition coefficient (Wildman–Crippen LogP) is 12.2. The third-order valence-corrected chi connectivity index (χ3v) is 18.0. The van der Waals surface area contributed by atoms with Gasteiger partial charge < -0.3 is 28.4 Å². The van der Waals surface area contributed by atoms with Crippen molar-refractivity contribution in [2.75, 3.05) is 106 Å². The van der Waals surface area contributed by atoms with Crippen LogP contribution in [0.2, 0.25) is 0 Å². The normalized spacial score (nSPS) is 24.0. The number of hydrogen-bond donors (Lipinski definition) is 0. The number of fused-ring (bicyclic) bond motifs is 6. The smallest absolute Gasteiger partial charge is 0.150 e. The monoisotopic (exact) mass is 1160 g/mol. The highest BCUT2D eigenvalue weighted by Gasteiger charge is 2.41. The van der Waals surface area contributed by atoms with Crippen molar-refractivity contribution in [2.45, 2.75) is 141 Å². The van der Waals surface area contributed by atoms with Crippen LogP contribution >= 0.6 is 0 Å². The molecule has 4 aromatic carbocycles. The molecule has 0 radical (unpaired) electrons. The highest BCUT2D eigenvalue weighted by atomic mass is 19.1. The first-order valence-electron chi connectivity index (χ1n) is 30.8. The van der Waals surface area contributed by atoms with Crippen LogP contribution in [-0.2, 0) is 22.3 Å². The zero-order valence-corrected chi connectivity index (χ0v) is 50.6. The first-order chi connectivity index (χ1) is 40.5. The van der Waals surface area contributed by atoms with Crippen molar-refractivity contribution in [1.82, 2.24) is 39.2 Å². The van der Waals surface area contributed by atoms with E-state index >= 15 is 8.78 Å². The first-order valence-corrected chi connectivity index (χ1v) is 30.8. The van der Waals surface area contributed by atoms with Gasteiger partial charge in [0.05, 0.1) is 56.9 Å². The topological polar surface area (TPSA) is 104 Å². The molecule has 0 N–H and O–H groups in total. The first kappa shape index (κ1) is 60.2. The molecule has 0 spiro atoms. The summed E-state index contributed by atoms with van der Waals surface area (Å²) < 4.78 is 96.2. The molecule has 0 bridgehead atoms. The van der Waals surface area contributed by atoms with Crippen molar-refractivity contribution < 1.29 is 46.0 Å². The Morgan fingerprint density at radius 2 is 1.10 bits per heavy atom. The molecule has 14 nitrogen and oxygen atoms in total. The molecular weight excluding hydrogens is 1080 g/mol. The molecule has 2 aromatic heterocycles. The van der Waals surface area contributed by atoms with Gasteiger partial charge in [0.25, 0.3) is 0 Å². The van der Waals surface area contributed by atoms with Crippen molar-refractivity contribution in [3.63, 3.8) is 0 Å². The van der Waals surface area contributed by atoms with E-state index < -0.39 is 11.3 Å². The van der Waals surface area contributed by atoms with Gasteiger partial charge in [-0.15, -0.1) is 0 Å². The van der Waals surface area contributed by atoms with Crippen molar-refractivity contribution in [3.8, 4) is 23.0 Å². The molecule has 0 amide bonds. The number of likely N-dealkylation sites (tertiary alicyclic amines) is 2. The second kappa shape index (κ2) is 25.8. The summed E-state index contributed by atoms with van der Waals surface area (Å²) in [6, 6.07) is 20.3. The number of benzene rings is 4. The van der Waals surface area contributed by atoms with E-state index in [0.717, 1.165) is 159 Å². The summed E-state index contributed by atoms with van der Waals surface area (Å²) in [4.78, 5) is 8.95. The molecule has 12 rings (SSSR count). The third kappa shape index (κ3) is 13.2. The number of halogens is 4. The molecule has 456 valence electrons. The van der Waals surface area contributed by atoms with Crippen LogP contribution in [0.4, 0.5) is 17.6 Å². The average molecular weight is 1170 g/mol. The lowest BCUT2D eigenvalue weighted by atomic mass is 9.82. The highest BCUT2D eigenvalue weighted by molar-refractivity contribution is 5.85. The molecule has 0 saturated carbocycles. The molecule has 84 heavy (non-hydrogen) atoms. The summed E-state index contributed by atoms with van der Waals surface area (Å²) >= 11 is 0. The van der Waals surface area contributed by atoms with Crippen LogP contribution in [0.5, 0.6) is 23.0 Å². The average Bonchev–Trinajstić information content (AvgIpc) is 1.40. The molecule has 0 aliphatic carbocycles. The minimum Gasteiger partial charge on any atom is -0.496 e. The Bertz CT molecular complexity index is 3050.